The van der Waals surface area contributed by atoms with Gasteiger partial charge in [-0.1, -0.05) is 12.1 Å². The van der Waals surface area contributed by atoms with Gasteiger partial charge in [0.2, 0.25) is 5.82 Å². The molecule has 0 saturated heterocycles. The summed E-state index contributed by atoms with van der Waals surface area (Å²) in [5, 5.41) is 10.00. The number of hydrogen-bond donors (Lipinski definition) is 1. The van der Waals surface area contributed by atoms with Gasteiger partial charge in [0, 0.05) is 18.3 Å². The number of anilines is 1. The Morgan fingerprint density at radius 1 is 0.906 bits per heavy atom. The monoisotopic (exact) mass is 471 g/mol. The first-order chi connectivity index (χ1) is 14.7. The predicted molar refractivity (Wildman–Crippen MR) is 92.0 cm³/mol. The van der Waals surface area contributed by atoms with E-state index >= 15 is 0 Å². The molecule has 0 aliphatic heterocycles. The number of aliphatic hydroxyl groups is 1. The number of benzene rings is 2. The van der Waals surface area contributed by atoms with Crippen LogP contribution < -0.4 is 4.90 Å². The zero-order valence-corrected chi connectivity index (χ0v) is 16.2. The van der Waals surface area contributed by atoms with Gasteiger partial charge < -0.3 is 14.7 Å². The fourth-order valence-corrected chi connectivity index (χ4v) is 2.64. The lowest BCUT2D eigenvalue weighted by molar-refractivity contribution is -0.267. The minimum Gasteiger partial charge on any atom is -0.463 e. The van der Waals surface area contributed by atoms with E-state index < -0.39 is 70.5 Å². The highest BCUT2D eigenvalue weighted by Gasteiger charge is 2.62. The standard InChI is InChI=1S/C19H13F8NO4/c1-3-32-17(30)18(31,19(25,26)27)8-4-6-9(7-5-8)28(2)16(29)10-11(20)13(22)15(24)14(23)12(10)21/h4-7,31H,3H2,1-2H3/t18-/m0/s1. The Morgan fingerprint density at radius 2 is 1.34 bits per heavy atom. The Kier molecular flexibility index (Phi) is 6.83. The van der Waals surface area contributed by atoms with Crippen LogP contribution in [0.4, 0.5) is 40.8 Å². The number of alkyl halides is 3. The van der Waals surface area contributed by atoms with Gasteiger partial charge >= 0.3 is 12.1 Å². The molecule has 0 fully saturated rings. The van der Waals surface area contributed by atoms with E-state index in [9.17, 15) is 49.8 Å². The fourth-order valence-electron chi connectivity index (χ4n) is 2.64. The van der Waals surface area contributed by atoms with Gasteiger partial charge in [-0.15, -0.1) is 0 Å². The van der Waals surface area contributed by atoms with Gasteiger partial charge in [0.25, 0.3) is 11.5 Å². The molecule has 0 unspecified atom stereocenters. The molecule has 174 valence electrons. The van der Waals surface area contributed by atoms with Crippen molar-refractivity contribution in [2.75, 3.05) is 18.6 Å². The normalized spacial score (nSPS) is 13.5. The molecule has 0 aliphatic rings. The molecule has 2 rings (SSSR count). The molecule has 1 atom stereocenters. The Morgan fingerprint density at radius 3 is 1.75 bits per heavy atom. The number of carbonyl (C=O) groups is 2. The number of nitrogens with zero attached hydrogens (tertiary/aromatic N) is 1. The number of ether oxygens (including phenoxy) is 1. The lowest BCUT2D eigenvalue weighted by atomic mass is 9.93. The number of carbonyl (C=O) groups excluding carboxylic acids is 2. The molecule has 32 heavy (non-hydrogen) atoms. The molecule has 2 aromatic rings. The van der Waals surface area contributed by atoms with E-state index in [2.05, 4.69) is 4.74 Å². The van der Waals surface area contributed by atoms with Crippen molar-refractivity contribution >= 4 is 17.6 Å². The van der Waals surface area contributed by atoms with Crippen molar-refractivity contribution < 1.29 is 54.6 Å². The Hall–Kier alpha value is -3.22. The molecule has 0 spiro atoms. The summed E-state index contributed by atoms with van der Waals surface area (Å²) in [6.45, 7) is 0.728. The summed E-state index contributed by atoms with van der Waals surface area (Å²) in [6, 6.07) is 2.63. The Balaban J connectivity index is 2.48. The van der Waals surface area contributed by atoms with Crippen LogP contribution in [0.3, 0.4) is 0 Å². The van der Waals surface area contributed by atoms with Crippen LogP contribution in [0.25, 0.3) is 0 Å². The van der Waals surface area contributed by atoms with Crippen LogP contribution in [0.5, 0.6) is 0 Å². The summed E-state index contributed by atoms with van der Waals surface area (Å²) in [4.78, 5) is 24.5. The summed E-state index contributed by atoms with van der Waals surface area (Å²) in [6.07, 6.45) is -5.50. The van der Waals surface area contributed by atoms with Crippen molar-refractivity contribution in [3.63, 3.8) is 0 Å². The number of amides is 1. The third kappa shape index (κ3) is 3.99. The maximum absolute atomic E-state index is 13.9. The fraction of sp³-hybridized carbons (Fsp3) is 0.263. The zero-order chi connectivity index (χ0) is 24.6. The number of esters is 1. The smallest absolute Gasteiger partial charge is 0.432 e. The summed E-state index contributed by atoms with van der Waals surface area (Å²) in [5.74, 6) is -15.7. The molecule has 13 heteroatoms. The minimum absolute atomic E-state index is 0.365. The first-order valence-electron chi connectivity index (χ1n) is 8.56. The Bertz CT molecular complexity index is 1030. The Labute approximate surface area is 174 Å². The van der Waals surface area contributed by atoms with Crippen molar-refractivity contribution in [3.05, 3.63) is 64.5 Å². The van der Waals surface area contributed by atoms with E-state index in [1.54, 1.807) is 0 Å². The molecule has 0 heterocycles. The number of halogens is 8. The lowest BCUT2D eigenvalue weighted by Crippen LogP contribution is -2.50. The zero-order valence-electron chi connectivity index (χ0n) is 16.2. The van der Waals surface area contributed by atoms with Gasteiger partial charge in [-0.3, -0.25) is 4.79 Å². The van der Waals surface area contributed by atoms with Gasteiger partial charge in [-0.25, -0.2) is 26.7 Å². The molecule has 0 aliphatic carbocycles. The summed E-state index contributed by atoms with van der Waals surface area (Å²) >= 11 is 0. The van der Waals surface area contributed by atoms with Crippen molar-refractivity contribution in [1.82, 2.24) is 0 Å². The highest BCUT2D eigenvalue weighted by molar-refractivity contribution is 6.06. The van der Waals surface area contributed by atoms with E-state index in [0.29, 0.717) is 17.0 Å². The topological polar surface area (TPSA) is 66.8 Å². The molecular formula is C19H13F8NO4. The SMILES string of the molecule is CCOC(=O)[C@@](O)(c1ccc(N(C)C(=O)c2c(F)c(F)c(F)c(F)c2F)cc1)C(F)(F)F. The second-order valence-corrected chi connectivity index (χ2v) is 6.28. The van der Waals surface area contributed by atoms with Crippen molar-refractivity contribution in [3.8, 4) is 0 Å². The maximum atomic E-state index is 13.9. The van der Waals surface area contributed by atoms with Crippen LogP contribution in [-0.2, 0) is 15.1 Å². The number of hydrogen-bond acceptors (Lipinski definition) is 4. The summed E-state index contributed by atoms with van der Waals surface area (Å²) in [7, 11) is 0.844. The van der Waals surface area contributed by atoms with Gasteiger partial charge in [0.1, 0.15) is 5.56 Å². The molecule has 2 aromatic carbocycles. The molecular weight excluding hydrogens is 458 g/mol. The average Bonchev–Trinajstić information content (AvgIpc) is 2.74. The van der Waals surface area contributed by atoms with Crippen molar-refractivity contribution in [1.29, 1.82) is 0 Å². The first-order valence-corrected chi connectivity index (χ1v) is 8.56. The van der Waals surface area contributed by atoms with Crippen molar-refractivity contribution in [2.24, 2.45) is 0 Å². The van der Waals surface area contributed by atoms with E-state index in [1.807, 2.05) is 0 Å². The predicted octanol–water partition coefficient (Wildman–Crippen LogP) is 3.97. The molecule has 1 N–H and O–H groups in total. The van der Waals surface area contributed by atoms with E-state index in [0.717, 1.165) is 19.2 Å². The van der Waals surface area contributed by atoms with Gasteiger partial charge in [-0.2, -0.15) is 13.2 Å². The van der Waals surface area contributed by atoms with E-state index in [-0.39, 0.29) is 5.69 Å². The third-order valence-corrected chi connectivity index (χ3v) is 4.38. The van der Waals surface area contributed by atoms with Crippen molar-refractivity contribution in [2.45, 2.75) is 18.7 Å². The lowest BCUT2D eigenvalue weighted by Gasteiger charge is -2.29. The summed E-state index contributed by atoms with van der Waals surface area (Å²) < 4.78 is 112. The van der Waals surface area contributed by atoms with Crippen LogP contribution in [0.15, 0.2) is 24.3 Å². The average molecular weight is 471 g/mol. The van der Waals surface area contributed by atoms with Gasteiger partial charge in [0.05, 0.1) is 6.61 Å². The van der Waals surface area contributed by atoms with Crippen LogP contribution in [-0.4, -0.2) is 36.8 Å². The van der Waals surface area contributed by atoms with Gasteiger partial charge in [0.15, 0.2) is 23.3 Å². The highest BCUT2D eigenvalue weighted by atomic mass is 19.4. The van der Waals surface area contributed by atoms with Crippen LogP contribution in [0, 0.1) is 29.1 Å². The maximum Gasteiger partial charge on any atom is 0.432 e. The van der Waals surface area contributed by atoms with E-state index in [4.69, 9.17) is 0 Å². The molecule has 0 radical (unpaired) electrons. The van der Waals surface area contributed by atoms with Crippen LogP contribution in [0.1, 0.15) is 22.8 Å². The largest absolute Gasteiger partial charge is 0.463 e. The molecule has 0 bridgehead atoms. The molecule has 5 nitrogen and oxygen atoms in total. The second-order valence-electron chi connectivity index (χ2n) is 6.28. The first kappa shape index (κ1) is 25.0. The van der Waals surface area contributed by atoms with Crippen LogP contribution >= 0.6 is 0 Å². The third-order valence-electron chi connectivity index (χ3n) is 4.38. The summed E-state index contributed by atoms with van der Waals surface area (Å²) in [5.41, 5.74) is -7.22. The minimum atomic E-state index is -5.50. The van der Waals surface area contributed by atoms with E-state index in [1.165, 1.54) is 6.92 Å². The highest BCUT2D eigenvalue weighted by Crippen LogP contribution is 2.40. The second kappa shape index (κ2) is 8.73. The molecule has 1 amide bonds. The van der Waals surface area contributed by atoms with Gasteiger partial charge in [-0.05, 0) is 19.1 Å². The molecule has 0 aromatic heterocycles. The number of rotatable bonds is 5. The van der Waals surface area contributed by atoms with Crippen LogP contribution in [0.2, 0.25) is 0 Å². The molecule has 0 saturated carbocycles. The quantitative estimate of drug-likeness (QED) is 0.310.